The molecular formula is C52H43IrN3OSi-2. The number of hydrogen-bond donors (Lipinski definition) is 0. The van der Waals surface area contributed by atoms with Crippen LogP contribution in [-0.2, 0) is 20.1 Å². The van der Waals surface area contributed by atoms with Gasteiger partial charge in [0.1, 0.15) is 5.58 Å². The fourth-order valence-electron chi connectivity index (χ4n) is 7.79. The number of imidazole rings is 1. The van der Waals surface area contributed by atoms with E-state index in [2.05, 4.69) is 144 Å². The van der Waals surface area contributed by atoms with E-state index < -0.39 is 14.0 Å². The quantitative estimate of drug-likeness (QED) is 0.123. The Balaban J connectivity index is 0.000000197. The molecule has 0 aliphatic carbocycles. The second-order valence-corrected chi connectivity index (χ2v) is 20.7. The summed E-state index contributed by atoms with van der Waals surface area (Å²) in [7, 11) is -1.50. The van der Waals surface area contributed by atoms with Gasteiger partial charge in [0.25, 0.3) is 0 Å². The van der Waals surface area contributed by atoms with Crippen molar-refractivity contribution in [1.82, 2.24) is 14.5 Å². The van der Waals surface area contributed by atoms with E-state index in [0.29, 0.717) is 0 Å². The van der Waals surface area contributed by atoms with Crippen LogP contribution in [0, 0.1) is 12.1 Å². The van der Waals surface area contributed by atoms with E-state index in [0.717, 1.165) is 83.4 Å². The van der Waals surface area contributed by atoms with Gasteiger partial charge in [-0.3, -0.25) is 4.98 Å². The number of furan rings is 1. The number of hydrogen-bond acceptors (Lipinski definition) is 3. The summed E-state index contributed by atoms with van der Waals surface area (Å²) in [5.41, 5.74) is 10.9. The summed E-state index contributed by atoms with van der Waals surface area (Å²) in [4.78, 5) is 9.80. The first-order valence-corrected chi connectivity index (χ1v) is 22.9. The van der Waals surface area contributed by atoms with Gasteiger partial charge in [-0.2, -0.15) is 0 Å². The Morgan fingerprint density at radius 1 is 0.707 bits per heavy atom. The van der Waals surface area contributed by atoms with Gasteiger partial charge in [0.15, 0.2) is 0 Å². The van der Waals surface area contributed by atoms with Crippen molar-refractivity contribution in [3.05, 3.63) is 182 Å². The van der Waals surface area contributed by atoms with Crippen LogP contribution in [0.1, 0.15) is 26.7 Å². The van der Waals surface area contributed by atoms with Crippen LogP contribution < -0.4 is 5.19 Å². The van der Waals surface area contributed by atoms with Crippen molar-refractivity contribution in [3.8, 4) is 39.5 Å². The van der Waals surface area contributed by atoms with Gasteiger partial charge in [-0.15, -0.1) is 54.1 Å². The molecule has 58 heavy (non-hydrogen) atoms. The summed E-state index contributed by atoms with van der Waals surface area (Å²) in [5.74, 6) is 0.201. The number of aromatic nitrogens is 3. The van der Waals surface area contributed by atoms with Gasteiger partial charge >= 0.3 is 0 Å². The number of benzene rings is 7. The first-order valence-electron chi connectivity index (χ1n) is 19.9. The van der Waals surface area contributed by atoms with Gasteiger partial charge < -0.3 is 14.0 Å². The smallest absolute Gasteiger partial charge is 0.120 e. The fourth-order valence-corrected chi connectivity index (χ4v) is 9.37. The van der Waals surface area contributed by atoms with Crippen molar-refractivity contribution in [2.45, 2.75) is 39.4 Å². The molecule has 0 unspecified atom stereocenters. The standard InChI is InChI=1S/C35H21N2O.C17H22NSi.Ir/c1-2-11-23(12-3-1)26-22-21-24-13-4-5-14-25(24)33(26)37-31-19-8-7-18-30(31)36-35(37)29-17-10-16-28-27-15-6-9-20-32(27)38-34(28)29;1-13(2)15-11-16(14-9-7-6-8-10-14)18-12-17(15)19(3,4)5;/h1-16,18-22H;6-9,11-13H,1-5H3;/q2*-1;/i;13D;. The summed E-state index contributed by atoms with van der Waals surface area (Å²) in [6.07, 6.45) is 1.98. The molecule has 0 saturated carbocycles. The Morgan fingerprint density at radius 2 is 1.43 bits per heavy atom. The van der Waals surface area contributed by atoms with Gasteiger partial charge in [0, 0.05) is 44.0 Å². The first kappa shape index (κ1) is 37.7. The van der Waals surface area contributed by atoms with E-state index in [1.165, 1.54) is 10.6 Å². The molecule has 0 N–H and O–H groups in total. The van der Waals surface area contributed by atoms with Crippen molar-refractivity contribution in [3.63, 3.8) is 0 Å². The van der Waals surface area contributed by atoms with Crippen molar-refractivity contribution in [2.75, 3.05) is 0 Å². The maximum Gasteiger partial charge on any atom is 0.120 e. The average Bonchev–Trinajstić information content (AvgIpc) is 3.82. The van der Waals surface area contributed by atoms with Crippen molar-refractivity contribution in [2.24, 2.45) is 0 Å². The predicted molar refractivity (Wildman–Crippen MR) is 241 cm³/mol. The molecule has 10 aromatic rings. The van der Waals surface area contributed by atoms with Gasteiger partial charge in [-0.05, 0) is 45.9 Å². The van der Waals surface area contributed by atoms with Crippen LogP contribution in [0.3, 0.4) is 0 Å². The normalized spacial score (nSPS) is 12.0. The number of rotatable bonds is 6. The van der Waals surface area contributed by atoms with Crippen LogP contribution in [0.15, 0.2) is 168 Å². The maximum atomic E-state index is 8.44. The molecule has 0 saturated heterocycles. The zero-order valence-electron chi connectivity index (χ0n) is 34.2. The monoisotopic (exact) mass is 947 g/mol. The molecule has 6 heteroatoms. The second-order valence-electron chi connectivity index (χ2n) is 15.6. The Labute approximate surface area is 356 Å². The Morgan fingerprint density at radius 3 is 2.21 bits per heavy atom. The zero-order valence-corrected chi connectivity index (χ0v) is 36.6. The molecule has 0 aliphatic heterocycles. The molecule has 0 aliphatic rings. The number of nitrogens with zero attached hydrogens (tertiary/aromatic N) is 3. The molecular weight excluding hydrogens is 903 g/mol. The maximum absolute atomic E-state index is 8.44. The molecule has 10 rings (SSSR count). The molecule has 0 bridgehead atoms. The molecule has 287 valence electrons. The molecule has 0 fully saturated rings. The number of pyridine rings is 1. The van der Waals surface area contributed by atoms with Crippen molar-refractivity contribution in [1.29, 1.82) is 0 Å². The molecule has 1 radical (unpaired) electrons. The van der Waals surface area contributed by atoms with E-state index >= 15 is 0 Å². The van der Waals surface area contributed by atoms with Crippen LogP contribution in [-0.4, -0.2) is 22.6 Å². The SMILES string of the molecule is [2H]C(C)(C)c1cc(-c2[c-]cccc2)ncc1[Si](C)(C)C.[Ir].[c-]1ccc2c(oc3ccccc32)c1-c1nc2ccccc2n1-c1c(-c2ccccc2)ccc2ccccc12. The summed E-state index contributed by atoms with van der Waals surface area (Å²) < 4.78 is 17.2. The minimum atomic E-state index is -1.50. The fraction of sp³-hybridized carbons (Fsp3) is 0.115. The zero-order chi connectivity index (χ0) is 40.0. The molecule has 3 aromatic heterocycles. The molecule has 0 amide bonds. The van der Waals surface area contributed by atoms with Crippen LogP contribution >= 0.6 is 0 Å². The summed E-state index contributed by atoms with van der Waals surface area (Å²) in [6, 6.07) is 60.7. The third-order valence-electron chi connectivity index (χ3n) is 10.6. The van der Waals surface area contributed by atoms with Crippen LogP contribution in [0.25, 0.3) is 83.2 Å². The number of para-hydroxylation sites is 3. The molecule has 3 heterocycles. The first-order chi connectivity index (χ1) is 28.1. The van der Waals surface area contributed by atoms with Crippen molar-refractivity contribution >= 4 is 57.0 Å². The van der Waals surface area contributed by atoms with Gasteiger partial charge in [-0.1, -0.05) is 153 Å². The van der Waals surface area contributed by atoms with Gasteiger partial charge in [0.2, 0.25) is 0 Å². The van der Waals surface area contributed by atoms with E-state index in [-0.39, 0.29) is 20.1 Å². The molecule has 0 atom stereocenters. The Kier molecular flexibility index (Phi) is 10.5. The van der Waals surface area contributed by atoms with Crippen molar-refractivity contribution < 1.29 is 25.9 Å². The second kappa shape index (κ2) is 16.1. The minimum absolute atomic E-state index is 0. The van der Waals surface area contributed by atoms with E-state index in [1.54, 1.807) is 0 Å². The molecule has 4 nitrogen and oxygen atoms in total. The van der Waals surface area contributed by atoms with E-state index in [9.17, 15) is 0 Å². The topological polar surface area (TPSA) is 43.9 Å². The number of fused-ring (bicyclic) bond motifs is 5. The average molecular weight is 947 g/mol. The minimum Gasteiger partial charge on any atom is -0.501 e. The Hall–Kier alpha value is -5.91. The van der Waals surface area contributed by atoms with Crippen LogP contribution in [0.4, 0.5) is 0 Å². The van der Waals surface area contributed by atoms with Gasteiger partial charge in [0.05, 0.1) is 36.2 Å². The summed E-state index contributed by atoms with van der Waals surface area (Å²) >= 11 is 0. The largest absolute Gasteiger partial charge is 0.501 e. The van der Waals surface area contributed by atoms with Crippen LogP contribution in [0.5, 0.6) is 0 Å². The third kappa shape index (κ3) is 7.24. The van der Waals surface area contributed by atoms with E-state index in [1.807, 2.05) is 74.6 Å². The third-order valence-corrected chi connectivity index (χ3v) is 12.6. The van der Waals surface area contributed by atoms with Gasteiger partial charge in [-0.25, -0.2) is 0 Å². The summed E-state index contributed by atoms with van der Waals surface area (Å²) in [6.45, 7) is 10.8. The van der Waals surface area contributed by atoms with E-state index in [4.69, 9.17) is 10.8 Å². The summed E-state index contributed by atoms with van der Waals surface area (Å²) in [5, 5.41) is 5.77. The molecule has 7 aromatic carbocycles. The Bertz CT molecular complexity index is 3090. The van der Waals surface area contributed by atoms with Crippen LogP contribution in [0.2, 0.25) is 19.6 Å². The molecule has 0 spiro atoms. The predicted octanol–water partition coefficient (Wildman–Crippen LogP) is 13.4.